The van der Waals surface area contributed by atoms with Crippen molar-refractivity contribution in [2.24, 2.45) is 0 Å². The Kier molecular flexibility index (Phi) is 9.67. The van der Waals surface area contributed by atoms with Crippen LogP contribution in [0.15, 0.2) is 76.5 Å². The van der Waals surface area contributed by atoms with Crippen molar-refractivity contribution in [3.05, 3.63) is 122 Å². The van der Waals surface area contributed by atoms with Crippen molar-refractivity contribution in [2.45, 2.75) is 56.5 Å². The molecule has 0 aliphatic rings. The van der Waals surface area contributed by atoms with E-state index in [0.29, 0.717) is 0 Å². The van der Waals surface area contributed by atoms with Gasteiger partial charge in [0.1, 0.15) is 5.92 Å². The number of carboxylic acid groups (broad SMARTS) is 1. The summed E-state index contributed by atoms with van der Waals surface area (Å²) in [5, 5.41) is 14.8. The lowest BCUT2D eigenvalue weighted by atomic mass is 9.85. The van der Waals surface area contributed by atoms with Gasteiger partial charge in [0, 0.05) is 18.3 Å². The van der Waals surface area contributed by atoms with E-state index in [2.05, 4.69) is 10.6 Å². The molecule has 12 heteroatoms. The number of nitrogens with one attached hydrogen (secondary N) is 2. The molecular formula is C35H33F3N2O6S. The summed E-state index contributed by atoms with van der Waals surface area (Å²) in [6.45, 7) is 8.38. The average molecular weight is 667 g/mol. The second-order valence-corrected chi connectivity index (χ2v) is 13.3. The molecule has 0 aliphatic carbocycles. The van der Waals surface area contributed by atoms with Crippen LogP contribution in [0, 0.1) is 34.6 Å². The molecule has 4 aromatic rings. The third-order valence-corrected chi connectivity index (χ3v) is 9.90. The molecule has 1 atom stereocenters. The molecule has 0 aliphatic heterocycles. The normalized spacial score (nSPS) is 12.4. The summed E-state index contributed by atoms with van der Waals surface area (Å²) >= 11 is 0. The smallest absolute Gasteiger partial charge is 0.399 e. The number of carbonyl (C=O) groups is 3. The Hall–Kier alpha value is -4.97. The first-order chi connectivity index (χ1) is 21.9. The maximum Gasteiger partial charge on any atom is 0.399 e. The second kappa shape index (κ2) is 13.0. The molecule has 0 bridgehead atoms. The van der Waals surface area contributed by atoms with Crippen molar-refractivity contribution in [1.82, 2.24) is 5.32 Å². The van der Waals surface area contributed by atoms with Gasteiger partial charge in [0.25, 0.3) is 11.8 Å². The van der Waals surface area contributed by atoms with Gasteiger partial charge in [-0.05, 0) is 110 Å². The van der Waals surface area contributed by atoms with Gasteiger partial charge in [0.05, 0.1) is 20.9 Å². The number of sulfone groups is 1. The highest BCUT2D eigenvalue weighted by Gasteiger charge is 2.42. The molecule has 4 aromatic carbocycles. The number of hydrogen-bond donors (Lipinski definition) is 3. The molecule has 1 unspecified atom stereocenters. The molecule has 0 fully saturated rings. The summed E-state index contributed by atoms with van der Waals surface area (Å²) in [5.74, 6) is -4.94. The molecule has 0 radical (unpaired) electrons. The van der Waals surface area contributed by atoms with Crippen LogP contribution in [0.2, 0.25) is 0 Å². The third kappa shape index (κ3) is 7.07. The van der Waals surface area contributed by atoms with Crippen LogP contribution in [0.1, 0.15) is 75.9 Å². The highest BCUT2D eigenvalue weighted by Crippen LogP contribution is 2.43. The number of benzene rings is 4. The van der Waals surface area contributed by atoms with Crippen LogP contribution in [-0.4, -0.2) is 44.5 Å². The summed E-state index contributed by atoms with van der Waals surface area (Å²) in [5.41, 5.74) is 2.22. The number of halogens is 3. The summed E-state index contributed by atoms with van der Waals surface area (Å²) < 4.78 is 70.5. The Balaban J connectivity index is 1.75. The Labute approximate surface area is 270 Å². The van der Waals surface area contributed by atoms with Gasteiger partial charge in [-0.2, -0.15) is 13.2 Å². The molecule has 0 saturated carbocycles. The molecule has 4 rings (SSSR count). The fourth-order valence-electron chi connectivity index (χ4n) is 5.50. The quantitative estimate of drug-likeness (QED) is 0.185. The van der Waals surface area contributed by atoms with Crippen LogP contribution in [0.3, 0.4) is 0 Å². The Morgan fingerprint density at radius 1 is 0.723 bits per heavy atom. The summed E-state index contributed by atoms with van der Waals surface area (Å²) in [6, 6.07) is 13.8. The van der Waals surface area contributed by atoms with Crippen LogP contribution in [0.5, 0.6) is 0 Å². The van der Waals surface area contributed by atoms with E-state index < -0.39 is 55.7 Å². The Morgan fingerprint density at radius 3 is 1.77 bits per heavy atom. The highest BCUT2D eigenvalue weighted by atomic mass is 32.2. The lowest BCUT2D eigenvalue weighted by Crippen LogP contribution is -2.23. The summed E-state index contributed by atoms with van der Waals surface area (Å²) in [4.78, 5) is 37.0. The van der Waals surface area contributed by atoms with E-state index >= 15 is 0 Å². The number of carbonyl (C=O) groups excluding carboxylic acids is 2. The van der Waals surface area contributed by atoms with Gasteiger partial charge in [0.15, 0.2) is 0 Å². The molecule has 8 nitrogen and oxygen atoms in total. The van der Waals surface area contributed by atoms with Gasteiger partial charge in [-0.15, -0.1) is 0 Å². The molecule has 2 amide bonds. The minimum Gasteiger partial charge on any atom is -0.478 e. The van der Waals surface area contributed by atoms with E-state index in [1.807, 2.05) is 6.92 Å². The predicted octanol–water partition coefficient (Wildman–Crippen LogP) is 7.07. The van der Waals surface area contributed by atoms with Crippen molar-refractivity contribution >= 4 is 33.3 Å². The number of anilines is 1. The average Bonchev–Trinajstić information content (AvgIpc) is 3.00. The van der Waals surface area contributed by atoms with Crippen LogP contribution < -0.4 is 10.6 Å². The van der Waals surface area contributed by atoms with Crippen molar-refractivity contribution in [3.63, 3.8) is 0 Å². The van der Waals surface area contributed by atoms with Crippen LogP contribution in [-0.2, 0) is 9.84 Å². The monoisotopic (exact) mass is 666 g/mol. The maximum absolute atomic E-state index is 14.5. The van der Waals surface area contributed by atoms with Crippen molar-refractivity contribution in [3.8, 4) is 0 Å². The van der Waals surface area contributed by atoms with E-state index in [-0.39, 0.29) is 38.4 Å². The maximum atomic E-state index is 14.5. The number of hydrogen-bond acceptors (Lipinski definition) is 5. The van der Waals surface area contributed by atoms with Crippen LogP contribution >= 0.6 is 0 Å². The van der Waals surface area contributed by atoms with Gasteiger partial charge in [-0.1, -0.05) is 30.3 Å². The first-order valence-corrected chi connectivity index (χ1v) is 15.9. The van der Waals surface area contributed by atoms with Crippen molar-refractivity contribution in [2.75, 3.05) is 12.4 Å². The fraction of sp³-hybridized carbons (Fsp3) is 0.229. The SMILES string of the molecule is CNC(=O)c1cccc(S(=O)(=O)c2ccc(C(=O)O)c(C(=O)Nc3c(C)cc(C(c4cc(C)c(C)c(C)c4)C(F)(F)F)cc3C)c2)c1. The third-order valence-electron chi connectivity index (χ3n) is 8.15. The van der Waals surface area contributed by atoms with Gasteiger partial charge in [0.2, 0.25) is 9.84 Å². The zero-order chi connectivity index (χ0) is 35.0. The van der Waals surface area contributed by atoms with Gasteiger partial charge >= 0.3 is 12.1 Å². The Morgan fingerprint density at radius 2 is 1.26 bits per heavy atom. The summed E-state index contributed by atoms with van der Waals surface area (Å²) in [7, 11) is -2.93. The number of aromatic carboxylic acids is 1. The lowest BCUT2D eigenvalue weighted by Gasteiger charge is -2.25. The number of aryl methyl sites for hydroxylation is 4. The first kappa shape index (κ1) is 34.9. The highest BCUT2D eigenvalue weighted by molar-refractivity contribution is 7.91. The topological polar surface area (TPSA) is 130 Å². The first-order valence-electron chi connectivity index (χ1n) is 14.4. The Bertz CT molecular complexity index is 1990. The molecule has 0 spiro atoms. The molecule has 0 saturated heterocycles. The fourth-order valence-corrected chi connectivity index (χ4v) is 6.83. The van der Waals surface area contributed by atoms with Gasteiger partial charge < -0.3 is 15.7 Å². The van der Waals surface area contributed by atoms with Crippen LogP contribution in [0.4, 0.5) is 18.9 Å². The van der Waals surface area contributed by atoms with E-state index in [1.165, 1.54) is 63.4 Å². The van der Waals surface area contributed by atoms with E-state index in [1.54, 1.807) is 13.8 Å². The number of alkyl halides is 3. The largest absolute Gasteiger partial charge is 0.478 e. The second-order valence-electron chi connectivity index (χ2n) is 11.4. The summed E-state index contributed by atoms with van der Waals surface area (Å²) in [6.07, 6.45) is -4.63. The zero-order valence-corrected chi connectivity index (χ0v) is 27.3. The lowest BCUT2D eigenvalue weighted by molar-refractivity contribution is -0.141. The molecule has 3 N–H and O–H groups in total. The van der Waals surface area contributed by atoms with Crippen LogP contribution in [0.25, 0.3) is 0 Å². The molecule has 246 valence electrons. The number of rotatable bonds is 8. The zero-order valence-electron chi connectivity index (χ0n) is 26.5. The van der Waals surface area contributed by atoms with Crippen molar-refractivity contribution < 1.29 is 41.1 Å². The van der Waals surface area contributed by atoms with E-state index in [4.69, 9.17) is 0 Å². The minimum atomic E-state index is -4.63. The van der Waals surface area contributed by atoms with E-state index in [0.717, 1.165) is 41.0 Å². The van der Waals surface area contributed by atoms with Gasteiger partial charge in [-0.3, -0.25) is 9.59 Å². The predicted molar refractivity (Wildman–Crippen MR) is 171 cm³/mol. The molecular weight excluding hydrogens is 633 g/mol. The number of carboxylic acids is 1. The van der Waals surface area contributed by atoms with Gasteiger partial charge in [-0.25, -0.2) is 13.2 Å². The van der Waals surface area contributed by atoms with E-state index in [9.17, 15) is 41.1 Å². The molecule has 0 heterocycles. The molecule has 47 heavy (non-hydrogen) atoms. The number of amides is 2. The van der Waals surface area contributed by atoms with Crippen molar-refractivity contribution in [1.29, 1.82) is 0 Å². The minimum absolute atomic E-state index is 0.0357. The standard InChI is InChI=1S/C35H33F3N2O6S/c1-18-12-24(13-19(2)22(18)5)30(35(36,37)38)25-14-20(3)31(21(4)15-25)40-33(42)29-17-27(10-11-28(29)34(43)44)47(45,46)26-9-7-8-23(16-26)32(41)39-6/h7-17,30H,1-6H3,(H,39,41)(H,40,42)(H,43,44). The molecule has 0 aromatic heterocycles.